The molecule has 1 heterocycles. The summed E-state index contributed by atoms with van der Waals surface area (Å²) in [6.07, 6.45) is 4.99. The molecular formula is C13H29NO2Si2. The molecule has 1 saturated heterocycles. The highest BCUT2D eigenvalue weighted by atomic mass is 28.4. The lowest BCUT2D eigenvalue weighted by Gasteiger charge is -2.48. The third kappa shape index (κ3) is 4.51. The molecule has 1 atom stereocenters. The van der Waals surface area contributed by atoms with Gasteiger partial charge in [0.15, 0.2) is 0 Å². The molecule has 5 heteroatoms. The van der Waals surface area contributed by atoms with Crippen molar-refractivity contribution >= 4 is 22.4 Å². The minimum absolute atomic E-state index is 0.00111. The molecule has 1 rings (SSSR count). The molecule has 0 radical (unpaired) electrons. The first-order valence-electron chi connectivity index (χ1n) is 7.11. The van der Waals surface area contributed by atoms with Crippen molar-refractivity contribution in [2.45, 2.75) is 77.6 Å². The van der Waals surface area contributed by atoms with Crippen molar-refractivity contribution in [2.24, 2.45) is 0 Å². The Hall–Kier alpha value is -0.136. The molecule has 1 unspecified atom stereocenters. The van der Waals surface area contributed by atoms with Gasteiger partial charge < -0.3 is 8.97 Å². The zero-order valence-corrected chi connectivity index (χ0v) is 14.9. The van der Waals surface area contributed by atoms with Crippen molar-refractivity contribution in [3.05, 3.63) is 0 Å². The predicted molar refractivity (Wildman–Crippen MR) is 81.5 cm³/mol. The largest absolute Gasteiger partial charge is 0.448 e. The van der Waals surface area contributed by atoms with Crippen LogP contribution in [0.5, 0.6) is 0 Å². The summed E-state index contributed by atoms with van der Waals surface area (Å²) >= 11 is 0. The van der Waals surface area contributed by atoms with Crippen LogP contribution in [0, 0.1) is 0 Å². The summed E-state index contributed by atoms with van der Waals surface area (Å²) in [6, 6.07) is 0. The van der Waals surface area contributed by atoms with Crippen LogP contribution in [0.2, 0.25) is 39.3 Å². The average Bonchev–Trinajstić information content (AvgIpc) is 2.08. The van der Waals surface area contributed by atoms with Crippen LogP contribution >= 0.6 is 0 Å². The van der Waals surface area contributed by atoms with Crippen molar-refractivity contribution in [3.8, 4) is 0 Å². The van der Waals surface area contributed by atoms with Crippen LogP contribution in [0.15, 0.2) is 0 Å². The molecule has 0 spiro atoms. The summed E-state index contributed by atoms with van der Waals surface area (Å²) in [5.41, 5.74) is 0. The minimum Gasteiger partial charge on any atom is -0.448 e. The Morgan fingerprint density at radius 2 is 1.56 bits per heavy atom. The van der Waals surface area contributed by atoms with E-state index in [2.05, 4.69) is 43.5 Å². The molecule has 0 aromatic carbocycles. The van der Waals surface area contributed by atoms with Gasteiger partial charge in [0.2, 0.25) is 0 Å². The first kappa shape index (κ1) is 15.9. The van der Waals surface area contributed by atoms with E-state index >= 15 is 0 Å². The lowest BCUT2D eigenvalue weighted by atomic mass is 10.1. The Labute approximate surface area is 114 Å². The second kappa shape index (κ2) is 5.88. The third-order valence-electron chi connectivity index (χ3n) is 3.33. The first-order valence-corrected chi connectivity index (χ1v) is 14.0. The van der Waals surface area contributed by atoms with Gasteiger partial charge >= 0.3 is 5.97 Å². The van der Waals surface area contributed by atoms with Crippen LogP contribution in [0.3, 0.4) is 0 Å². The monoisotopic (exact) mass is 287 g/mol. The molecule has 0 aliphatic carbocycles. The van der Waals surface area contributed by atoms with Gasteiger partial charge in [0, 0.05) is 6.42 Å². The number of hydrogen-bond donors (Lipinski definition) is 0. The van der Waals surface area contributed by atoms with Crippen LogP contribution in [-0.4, -0.2) is 32.9 Å². The number of esters is 1. The summed E-state index contributed by atoms with van der Waals surface area (Å²) in [5.74, 6) is 0.00111. The molecule has 18 heavy (non-hydrogen) atoms. The number of nitrogens with zero attached hydrogens (tertiary/aromatic N) is 1. The highest BCUT2D eigenvalue weighted by Crippen LogP contribution is 2.28. The molecule has 106 valence electrons. The van der Waals surface area contributed by atoms with Crippen molar-refractivity contribution in [1.29, 1.82) is 0 Å². The average molecular weight is 288 g/mol. The lowest BCUT2D eigenvalue weighted by Crippen LogP contribution is -2.64. The summed E-state index contributed by atoms with van der Waals surface area (Å²) in [7, 11) is -2.92. The number of ether oxygens (including phenoxy) is 1. The lowest BCUT2D eigenvalue weighted by molar-refractivity contribution is -0.154. The first-order chi connectivity index (χ1) is 8.12. The molecule has 0 aromatic heterocycles. The summed E-state index contributed by atoms with van der Waals surface area (Å²) in [6.45, 7) is 14.2. The van der Waals surface area contributed by atoms with Crippen LogP contribution in [0.1, 0.15) is 32.1 Å². The van der Waals surface area contributed by atoms with Gasteiger partial charge in [0.1, 0.15) is 22.7 Å². The van der Waals surface area contributed by atoms with Gasteiger partial charge in [-0.25, -0.2) is 0 Å². The zero-order chi connectivity index (χ0) is 14.0. The van der Waals surface area contributed by atoms with E-state index in [1.807, 2.05) is 0 Å². The van der Waals surface area contributed by atoms with E-state index in [-0.39, 0.29) is 12.2 Å². The van der Waals surface area contributed by atoms with Gasteiger partial charge in [-0.05, 0) is 19.3 Å². The number of carbonyl (C=O) groups excluding carboxylic acids is 1. The smallest absolute Gasteiger partial charge is 0.307 e. The Balaban J connectivity index is 2.92. The summed E-state index contributed by atoms with van der Waals surface area (Å²) < 4.78 is 8.38. The van der Waals surface area contributed by atoms with E-state index in [9.17, 15) is 4.79 Å². The maximum absolute atomic E-state index is 11.8. The van der Waals surface area contributed by atoms with Gasteiger partial charge in [0.25, 0.3) is 0 Å². The molecule has 0 saturated carbocycles. The molecule has 3 nitrogen and oxygen atoms in total. The van der Waals surface area contributed by atoms with E-state index in [0.717, 1.165) is 19.3 Å². The highest BCUT2D eigenvalue weighted by molar-refractivity contribution is 6.89. The van der Waals surface area contributed by atoms with E-state index in [0.29, 0.717) is 6.42 Å². The topological polar surface area (TPSA) is 29.5 Å². The van der Waals surface area contributed by atoms with E-state index in [1.54, 1.807) is 0 Å². The summed E-state index contributed by atoms with van der Waals surface area (Å²) in [4.78, 5) is 11.8. The summed E-state index contributed by atoms with van der Waals surface area (Å²) in [5, 5.41) is 0. The van der Waals surface area contributed by atoms with Gasteiger partial charge in [-0.3, -0.25) is 4.79 Å². The molecule has 0 N–H and O–H groups in total. The van der Waals surface area contributed by atoms with Gasteiger partial charge in [-0.2, -0.15) is 0 Å². The van der Waals surface area contributed by atoms with Crippen molar-refractivity contribution in [1.82, 2.24) is 4.23 Å². The SMILES string of the molecule is C[Si](C)(C)N(C1CCCCCC(=O)O1)[Si](C)(C)C. The fourth-order valence-electron chi connectivity index (χ4n) is 3.09. The fourth-order valence-corrected chi connectivity index (χ4v) is 13.2. The van der Waals surface area contributed by atoms with Gasteiger partial charge in [-0.15, -0.1) is 0 Å². The normalized spacial score (nSPS) is 23.5. The maximum atomic E-state index is 11.8. The predicted octanol–water partition coefficient (Wildman–Crippen LogP) is 3.79. The van der Waals surface area contributed by atoms with Crippen LogP contribution in [-0.2, 0) is 9.53 Å². The standard InChI is InChI=1S/C13H29NO2Si2/c1-17(2,3)14(18(4,5)6)12-10-8-7-9-11-13(15)16-12/h12H,7-11H2,1-6H3. The molecule has 1 aliphatic rings. The second-order valence-electron chi connectivity index (χ2n) is 7.26. The Morgan fingerprint density at radius 3 is 2.06 bits per heavy atom. The molecule has 1 aliphatic heterocycles. The molecule has 0 amide bonds. The van der Waals surface area contributed by atoms with E-state index in [4.69, 9.17) is 4.74 Å². The number of hydrogen-bond acceptors (Lipinski definition) is 3. The van der Waals surface area contributed by atoms with Crippen molar-refractivity contribution in [3.63, 3.8) is 0 Å². The van der Waals surface area contributed by atoms with Crippen molar-refractivity contribution in [2.75, 3.05) is 0 Å². The Morgan fingerprint density at radius 1 is 1.00 bits per heavy atom. The van der Waals surface area contributed by atoms with E-state index < -0.39 is 16.5 Å². The second-order valence-corrected chi connectivity index (χ2v) is 17.3. The molecule has 0 bridgehead atoms. The van der Waals surface area contributed by atoms with Crippen LogP contribution in [0.25, 0.3) is 0 Å². The maximum Gasteiger partial charge on any atom is 0.307 e. The Kier molecular flexibility index (Phi) is 5.20. The number of cyclic esters (lactones) is 1. The quantitative estimate of drug-likeness (QED) is 0.584. The number of carbonyl (C=O) groups is 1. The highest BCUT2D eigenvalue weighted by Gasteiger charge is 2.41. The molecular weight excluding hydrogens is 258 g/mol. The van der Waals surface area contributed by atoms with Crippen LogP contribution < -0.4 is 0 Å². The third-order valence-corrected chi connectivity index (χ3v) is 10.8. The Bertz CT molecular complexity index is 280. The van der Waals surface area contributed by atoms with Crippen molar-refractivity contribution < 1.29 is 9.53 Å². The minimum atomic E-state index is -1.46. The van der Waals surface area contributed by atoms with Gasteiger partial charge in [0.05, 0.1) is 0 Å². The van der Waals surface area contributed by atoms with E-state index in [1.165, 1.54) is 6.42 Å². The molecule has 0 aromatic rings. The number of rotatable bonds is 3. The zero-order valence-electron chi connectivity index (χ0n) is 12.9. The molecule has 1 fully saturated rings. The fraction of sp³-hybridized carbons (Fsp3) is 0.923. The van der Waals surface area contributed by atoms with Crippen LogP contribution in [0.4, 0.5) is 0 Å². The van der Waals surface area contributed by atoms with Gasteiger partial charge in [-0.1, -0.05) is 45.7 Å².